The van der Waals surface area contributed by atoms with E-state index in [4.69, 9.17) is 5.26 Å². The van der Waals surface area contributed by atoms with Gasteiger partial charge in [-0.15, -0.1) is 0 Å². The maximum absolute atomic E-state index is 12.7. The highest BCUT2D eigenvalue weighted by Gasteiger charge is 2.05. The predicted molar refractivity (Wildman–Crippen MR) is 71.4 cm³/mol. The Bertz CT molecular complexity index is 630. The molecule has 0 fully saturated rings. The number of rotatable bonds is 4. The largest absolute Gasteiger partial charge is 0.352 e. The van der Waals surface area contributed by atoms with E-state index in [-0.39, 0.29) is 17.4 Å². The van der Waals surface area contributed by atoms with Gasteiger partial charge in [0.25, 0.3) is 5.91 Å². The fourth-order valence-corrected chi connectivity index (χ4v) is 1.67. The third-order valence-corrected chi connectivity index (χ3v) is 2.75. The van der Waals surface area contributed by atoms with E-state index in [1.165, 1.54) is 24.4 Å². The van der Waals surface area contributed by atoms with Crippen LogP contribution in [0.4, 0.5) is 4.39 Å². The van der Waals surface area contributed by atoms with Gasteiger partial charge in [-0.1, -0.05) is 12.1 Å². The van der Waals surface area contributed by atoms with E-state index in [0.717, 1.165) is 5.56 Å². The fraction of sp³-hybridized carbons (Fsp3) is 0.133. The van der Waals surface area contributed by atoms with Crippen LogP contribution in [0.25, 0.3) is 0 Å². The second kappa shape index (κ2) is 6.43. The summed E-state index contributed by atoms with van der Waals surface area (Å²) in [7, 11) is 0. The summed E-state index contributed by atoms with van der Waals surface area (Å²) in [4.78, 5) is 15.6. The van der Waals surface area contributed by atoms with Crippen molar-refractivity contribution in [3.63, 3.8) is 0 Å². The molecule has 0 aliphatic rings. The molecule has 2 aromatic rings. The summed E-state index contributed by atoms with van der Waals surface area (Å²) in [5.41, 5.74) is 1.63. The number of nitrogens with one attached hydrogen (secondary N) is 1. The minimum absolute atomic E-state index is 0.246. The van der Waals surface area contributed by atoms with E-state index in [1.54, 1.807) is 18.2 Å². The maximum Gasteiger partial charge on any atom is 0.252 e. The number of carbonyl (C=O) groups is 1. The van der Waals surface area contributed by atoms with Crippen molar-refractivity contribution in [3.8, 4) is 6.07 Å². The van der Waals surface area contributed by atoms with Gasteiger partial charge in [-0.05, 0) is 36.2 Å². The topological polar surface area (TPSA) is 65.8 Å². The lowest BCUT2D eigenvalue weighted by atomic mass is 10.1. The second-order valence-corrected chi connectivity index (χ2v) is 4.18. The molecule has 1 aromatic carbocycles. The highest BCUT2D eigenvalue weighted by atomic mass is 19.1. The van der Waals surface area contributed by atoms with Crippen LogP contribution in [0.15, 0.2) is 42.6 Å². The molecule has 1 heterocycles. The number of pyridine rings is 1. The number of hydrogen-bond acceptors (Lipinski definition) is 3. The predicted octanol–water partition coefficient (Wildman–Crippen LogP) is 2.06. The summed E-state index contributed by atoms with van der Waals surface area (Å²) in [6, 6.07) is 11.1. The molecular formula is C15H12FN3O. The smallest absolute Gasteiger partial charge is 0.252 e. The lowest BCUT2D eigenvalue weighted by molar-refractivity contribution is 0.0954. The van der Waals surface area contributed by atoms with Crippen molar-refractivity contribution in [2.24, 2.45) is 0 Å². The average molecular weight is 269 g/mol. The molecule has 0 saturated heterocycles. The summed E-state index contributed by atoms with van der Waals surface area (Å²) in [5, 5.41) is 11.4. The molecule has 0 bridgehead atoms. The van der Waals surface area contributed by atoms with Crippen LogP contribution in [0.2, 0.25) is 0 Å². The van der Waals surface area contributed by atoms with Gasteiger partial charge in [0.1, 0.15) is 17.6 Å². The Kier molecular flexibility index (Phi) is 4.40. The zero-order chi connectivity index (χ0) is 14.4. The van der Waals surface area contributed by atoms with Gasteiger partial charge in [0.2, 0.25) is 0 Å². The molecule has 0 saturated carbocycles. The molecule has 1 N–H and O–H groups in total. The van der Waals surface area contributed by atoms with Crippen LogP contribution in [-0.4, -0.2) is 17.4 Å². The van der Waals surface area contributed by atoms with E-state index in [2.05, 4.69) is 10.3 Å². The van der Waals surface area contributed by atoms with E-state index in [1.807, 2.05) is 6.07 Å². The minimum atomic E-state index is -0.276. The number of halogens is 1. The van der Waals surface area contributed by atoms with Crippen molar-refractivity contribution in [2.75, 3.05) is 6.54 Å². The van der Waals surface area contributed by atoms with Crippen LogP contribution < -0.4 is 5.32 Å². The Morgan fingerprint density at radius 3 is 2.60 bits per heavy atom. The molecule has 0 spiro atoms. The van der Waals surface area contributed by atoms with Crippen molar-refractivity contribution >= 4 is 5.91 Å². The van der Waals surface area contributed by atoms with Crippen LogP contribution in [0.1, 0.15) is 21.6 Å². The van der Waals surface area contributed by atoms with Crippen LogP contribution >= 0.6 is 0 Å². The zero-order valence-corrected chi connectivity index (χ0v) is 10.6. The van der Waals surface area contributed by atoms with Gasteiger partial charge in [0.05, 0.1) is 5.56 Å². The van der Waals surface area contributed by atoms with Gasteiger partial charge in [-0.25, -0.2) is 9.37 Å². The normalized spacial score (nSPS) is 9.80. The van der Waals surface area contributed by atoms with Crippen LogP contribution in [-0.2, 0) is 6.42 Å². The first-order valence-electron chi connectivity index (χ1n) is 6.08. The highest BCUT2D eigenvalue weighted by Crippen LogP contribution is 2.03. The number of aromatic nitrogens is 1. The Morgan fingerprint density at radius 2 is 2.00 bits per heavy atom. The van der Waals surface area contributed by atoms with Crippen molar-refractivity contribution in [3.05, 3.63) is 65.2 Å². The van der Waals surface area contributed by atoms with Crippen molar-refractivity contribution in [1.82, 2.24) is 10.3 Å². The van der Waals surface area contributed by atoms with Gasteiger partial charge in [-0.3, -0.25) is 4.79 Å². The van der Waals surface area contributed by atoms with Gasteiger partial charge < -0.3 is 5.32 Å². The Morgan fingerprint density at radius 1 is 1.25 bits per heavy atom. The molecule has 100 valence electrons. The number of nitriles is 1. The number of benzene rings is 1. The molecule has 0 aliphatic carbocycles. The van der Waals surface area contributed by atoms with Gasteiger partial charge in [0.15, 0.2) is 0 Å². The lowest BCUT2D eigenvalue weighted by Gasteiger charge is -2.05. The third-order valence-electron chi connectivity index (χ3n) is 2.75. The SMILES string of the molecule is N#Cc1ccc(C(=O)NCCc2ccc(F)cc2)cn1. The molecule has 0 atom stereocenters. The highest BCUT2D eigenvalue weighted by molar-refractivity contribution is 5.93. The van der Waals surface area contributed by atoms with E-state index < -0.39 is 0 Å². The number of amides is 1. The number of nitrogens with zero attached hydrogens (tertiary/aromatic N) is 2. The average Bonchev–Trinajstić information content (AvgIpc) is 2.49. The number of carbonyl (C=O) groups excluding carboxylic acids is 1. The summed E-state index contributed by atoms with van der Waals surface area (Å²) >= 11 is 0. The minimum Gasteiger partial charge on any atom is -0.352 e. The molecular weight excluding hydrogens is 257 g/mol. The van der Waals surface area contributed by atoms with Crippen LogP contribution in [0.5, 0.6) is 0 Å². The lowest BCUT2D eigenvalue weighted by Crippen LogP contribution is -2.25. The molecule has 2 rings (SSSR count). The van der Waals surface area contributed by atoms with Crippen molar-refractivity contribution in [1.29, 1.82) is 5.26 Å². The van der Waals surface area contributed by atoms with Crippen molar-refractivity contribution in [2.45, 2.75) is 6.42 Å². The van der Waals surface area contributed by atoms with Crippen LogP contribution in [0.3, 0.4) is 0 Å². The monoisotopic (exact) mass is 269 g/mol. The Hall–Kier alpha value is -2.74. The van der Waals surface area contributed by atoms with Gasteiger partial charge in [0, 0.05) is 12.7 Å². The summed E-state index contributed by atoms with van der Waals surface area (Å²) in [6.07, 6.45) is 1.99. The molecule has 0 radical (unpaired) electrons. The number of hydrogen-bond donors (Lipinski definition) is 1. The first kappa shape index (κ1) is 13.7. The molecule has 20 heavy (non-hydrogen) atoms. The molecule has 0 aliphatic heterocycles. The van der Waals surface area contributed by atoms with Crippen molar-refractivity contribution < 1.29 is 9.18 Å². The Labute approximate surface area is 115 Å². The zero-order valence-electron chi connectivity index (χ0n) is 10.6. The first-order chi connectivity index (χ1) is 9.69. The molecule has 4 nitrogen and oxygen atoms in total. The summed E-state index contributed by atoms with van der Waals surface area (Å²) in [6.45, 7) is 0.449. The summed E-state index contributed by atoms with van der Waals surface area (Å²) in [5.74, 6) is -0.523. The molecule has 1 aromatic heterocycles. The fourth-order valence-electron chi connectivity index (χ4n) is 1.67. The first-order valence-corrected chi connectivity index (χ1v) is 6.08. The van der Waals surface area contributed by atoms with E-state index in [0.29, 0.717) is 18.5 Å². The van der Waals surface area contributed by atoms with Gasteiger partial charge >= 0.3 is 0 Å². The summed E-state index contributed by atoms with van der Waals surface area (Å²) < 4.78 is 12.7. The quantitative estimate of drug-likeness (QED) is 0.924. The molecule has 1 amide bonds. The van der Waals surface area contributed by atoms with E-state index >= 15 is 0 Å². The third kappa shape index (κ3) is 3.62. The standard InChI is InChI=1S/C15H12FN3O/c16-13-4-1-11(2-5-13)7-8-18-15(20)12-3-6-14(9-17)19-10-12/h1-6,10H,7-8H2,(H,18,20). The van der Waals surface area contributed by atoms with Gasteiger partial charge in [-0.2, -0.15) is 5.26 Å². The Balaban J connectivity index is 1.85. The maximum atomic E-state index is 12.7. The van der Waals surface area contributed by atoms with Crippen LogP contribution in [0, 0.1) is 17.1 Å². The molecule has 0 unspecified atom stereocenters. The molecule has 5 heteroatoms. The second-order valence-electron chi connectivity index (χ2n) is 4.18. The van der Waals surface area contributed by atoms with E-state index in [9.17, 15) is 9.18 Å².